The van der Waals surface area contributed by atoms with E-state index in [-0.39, 0.29) is 5.91 Å². The third kappa shape index (κ3) is 4.04. The van der Waals surface area contributed by atoms with Gasteiger partial charge in [-0.3, -0.25) is 9.78 Å². The standard InChI is InChI=1S/C18H12Cl2N2O2/c19-12-1-6-16(17(20)11-12)18(23)22-13-2-4-14(5-3-13)24-15-7-9-21-10-8-15/h1-11H,(H,22,23). The van der Waals surface area contributed by atoms with E-state index in [1.165, 1.54) is 6.07 Å². The zero-order valence-electron chi connectivity index (χ0n) is 12.4. The first kappa shape index (κ1) is 16.3. The van der Waals surface area contributed by atoms with Crippen LogP contribution in [0.4, 0.5) is 5.69 Å². The van der Waals surface area contributed by atoms with Gasteiger partial charge in [0.25, 0.3) is 5.91 Å². The average molecular weight is 359 g/mol. The number of halogens is 2. The fourth-order valence-corrected chi connectivity index (χ4v) is 2.52. The summed E-state index contributed by atoms with van der Waals surface area (Å²) in [6.07, 6.45) is 3.31. The number of rotatable bonds is 4. The summed E-state index contributed by atoms with van der Waals surface area (Å²) in [6.45, 7) is 0. The Morgan fingerprint density at radius 2 is 1.58 bits per heavy atom. The second-order valence-corrected chi connectivity index (χ2v) is 5.73. The summed E-state index contributed by atoms with van der Waals surface area (Å²) in [5, 5.41) is 3.56. The molecule has 0 saturated heterocycles. The highest BCUT2D eigenvalue weighted by molar-refractivity contribution is 6.37. The molecule has 0 saturated carbocycles. The number of ether oxygens (including phenoxy) is 1. The number of nitrogens with zero attached hydrogens (tertiary/aromatic N) is 1. The number of benzene rings is 2. The number of amides is 1. The largest absolute Gasteiger partial charge is 0.457 e. The molecule has 0 atom stereocenters. The summed E-state index contributed by atoms with van der Waals surface area (Å²) in [6, 6.07) is 15.3. The van der Waals surface area contributed by atoms with Crippen LogP contribution in [-0.4, -0.2) is 10.9 Å². The Morgan fingerprint density at radius 1 is 0.917 bits per heavy atom. The highest BCUT2D eigenvalue weighted by atomic mass is 35.5. The van der Waals surface area contributed by atoms with Gasteiger partial charge in [0.15, 0.2) is 0 Å². The Labute approximate surface area is 149 Å². The van der Waals surface area contributed by atoms with E-state index in [0.717, 1.165) is 0 Å². The molecule has 0 unspecified atom stereocenters. The van der Waals surface area contributed by atoms with Crippen molar-refractivity contribution in [1.82, 2.24) is 4.98 Å². The lowest BCUT2D eigenvalue weighted by Gasteiger charge is -2.09. The molecule has 1 aromatic heterocycles. The number of aromatic nitrogens is 1. The van der Waals surface area contributed by atoms with E-state index < -0.39 is 0 Å². The van der Waals surface area contributed by atoms with Crippen LogP contribution in [0.15, 0.2) is 67.0 Å². The van der Waals surface area contributed by atoms with Crippen molar-refractivity contribution >= 4 is 34.8 Å². The van der Waals surface area contributed by atoms with Crippen molar-refractivity contribution < 1.29 is 9.53 Å². The highest BCUT2D eigenvalue weighted by Gasteiger charge is 2.11. The van der Waals surface area contributed by atoms with Crippen LogP contribution >= 0.6 is 23.2 Å². The normalized spacial score (nSPS) is 10.2. The van der Waals surface area contributed by atoms with Gasteiger partial charge in [0.05, 0.1) is 10.6 Å². The number of pyridine rings is 1. The van der Waals surface area contributed by atoms with Crippen LogP contribution in [0.5, 0.6) is 11.5 Å². The van der Waals surface area contributed by atoms with E-state index >= 15 is 0 Å². The molecule has 3 rings (SSSR count). The van der Waals surface area contributed by atoms with Gasteiger partial charge in [-0.15, -0.1) is 0 Å². The zero-order chi connectivity index (χ0) is 16.9. The molecule has 0 aliphatic rings. The molecule has 0 fully saturated rings. The smallest absolute Gasteiger partial charge is 0.257 e. The maximum atomic E-state index is 12.2. The van der Waals surface area contributed by atoms with Gasteiger partial charge in [0.1, 0.15) is 11.5 Å². The maximum Gasteiger partial charge on any atom is 0.257 e. The number of hydrogen-bond donors (Lipinski definition) is 1. The van der Waals surface area contributed by atoms with Gasteiger partial charge >= 0.3 is 0 Å². The van der Waals surface area contributed by atoms with Crippen molar-refractivity contribution in [3.05, 3.63) is 82.6 Å². The van der Waals surface area contributed by atoms with Gasteiger partial charge in [-0.1, -0.05) is 23.2 Å². The molecule has 0 radical (unpaired) electrons. The first-order valence-corrected chi connectivity index (χ1v) is 7.82. The molecular formula is C18H12Cl2N2O2. The molecule has 1 heterocycles. The quantitative estimate of drug-likeness (QED) is 0.676. The van der Waals surface area contributed by atoms with Crippen molar-refractivity contribution in [3.63, 3.8) is 0 Å². The average Bonchev–Trinajstić information content (AvgIpc) is 2.57. The lowest BCUT2D eigenvalue weighted by Crippen LogP contribution is -2.12. The minimum Gasteiger partial charge on any atom is -0.457 e. The number of nitrogens with one attached hydrogen (secondary N) is 1. The first-order chi connectivity index (χ1) is 11.6. The van der Waals surface area contributed by atoms with Crippen LogP contribution in [0.2, 0.25) is 10.0 Å². The van der Waals surface area contributed by atoms with E-state index in [9.17, 15) is 4.79 Å². The summed E-state index contributed by atoms with van der Waals surface area (Å²) in [5.74, 6) is 1.04. The van der Waals surface area contributed by atoms with Crippen LogP contribution in [0.3, 0.4) is 0 Å². The highest BCUT2D eigenvalue weighted by Crippen LogP contribution is 2.24. The molecule has 2 aromatic carbocycles. The van der Waals surface area contributed by atoms with Gasteiger partial charge in [-0.25, -0.2) is 0 Å². The summed E-state index contributed by atoms with van der Waals surface area (Å²) in [7, 11) is 0. The molecule has 1 amide bonds. The summed E-state index contributed by atoms with van der Waals surface area (Å²) in [5.41, 5.74) is 0.992. The van der Waals surface area contributed by atoms with Crippen molar-refractivity contribution in [3.8, 4) is 11.5 Å². The van der Waals surface area contributed by atoms with Gasteiger partial charge < -0.3 is 10.1 Å². The topological polar surface area (TPSA) is 51.2 Å². The van der Waals surface area contributed by atoms with Gasteiger partial charge in [0, 0.05) is 23.1 Å². The Morgan fingerprint density at radius 3 is 2.25 bits per heavy atom. The van der Waals surface area contributed by atoms with Crippen molar-refractivity contribution in [2.75, 3.05) is 5.32 Å². The number of hydrogen-bond acceptors (Lipinski definition) is 3. The van der Waals surface area contributed by atoms with Crippen molar-refractivity contribution in [1.29, 1.82) is 0 Å². The molecule has 1 N–H and O–H groups in total. The Hall–Kier alpha value is -2.56. The maximum absolute atomic E-state index is 12.2. The Balaban J connectivity index is 1.68. The van der Waals surface area contributed by atoms with Gasteiger partial charge in [-0.2, -0.15) is 0 Å². The SMILES string of the molecule is O=C(Nc1ccc(Oc2ccncc2)cc1)c1ccc(Cl)cc1Cl. The predicted octanol–water partition coefficient (Wildman–Crippen LogP) is 5.43. The third-order valence-electron chi connectivity index (χ3n) is 3.17. The molecule has 0 spiro atoms. The van der Waals surface area contributed by atoms with E-state index in [1.54, 1.807) is 60.9 Å². The van der Waals surface area contributed by atoms with E-state index in [4.69, 9.17) is 27.9 Å². The zero-order valence-corrected chi connectivity index (χ0v) is 13.9. The molecule has 0 bridgehead atoms. The molecule has 120 valence electrons. The Bertz CT molecular complexity index is 853. The van der Waals surface area contributed by atoms with Crippen molar-refractivity contribution in [2.45, 2.75) is 0 Å². The number of carbonyl (C=O) groups excluding carboxylic acids is 1. The van der Waals surface area contributed by atoms with Gasteiger partial charge in [-0.05, 0) is 54.6 Å². The van der Waals surface area contributed by atoms with Crippen LogP contribution in [0.25, 0.3) is 0 Å². The first-order valence-electron chi connectivity index (χ1n) is 7.06. The van der Waals surface area contributed by atoms with Crippen LogP contribution in [0, 0.1) is 0 Å². The van der Waals surface area contributed by atoms with E-state index in [0.29, 0.717) is 32.8 Å². The molecule has 4 nitrogen and oxygen atoms in total. The second kappa shape index (κ2) is 7.34. The van der Waals surface area contributed by atoms with Crippen LogP contribution < -0.4 is 10.1 Å². The number of anilines is 1. The molecule has 3 aromatic rings. The van der Waals surface area contributed by atoms with Crippen LogP contribution in [0.1, 0.15) is 10.4 Å². The van der Waals surface area contributed by atoms with Crippen molar-refractivity contribution in [2.24, 2.45) is 0 Å². The van der Waals surface area contributed by atoms with Crippen LogP contribution in [-0.2, 0) is 0 Å². The monoisotopic (exact) mass is 358 g/mol. The third-order valence-corrected chi connectivity index (χ3v) is 3.72. The summed E-state index contributed by atoms with van der Waals surface area (Å²) in [4.78, 5) is 16.2. The number of carbonyl (C=O) groups is 1. The van der Waals surface area contributed by atoms with E-state index in [1.807, 2.05) is 0 Å². The molecule has 0 aliphatic heterocycles. The summed E-state index contributed by atoms with van der Waals surface area (Å²) >= 11 is 11.9. The Kier molecular flexibility index (Phi) is 4.99. The second-order valence-electron chi connectivity index (χ2n) is 4.89. The summed E-state index contributed by atoms with van der Waals surface area (Å²) < 4.78 is 5.67. The molecule has 6 heteroatoms. The molecule has 24 heavy (non-hydrogen) atoms. The minimum absolute atomic E-state index is 0.303. The fraction of sp³-hybridized carbons (Fsp3) is 0. The molecular weight excluding hydrogens is 347 g/mol. The lowest BCUT2D eigenvalue weighted by molar-refractivity contribution is 0.102. The van der Waals surface area contributed by atoms with E-state index in [2.05, 4.69) is 10.3 Å². The van der Waals surface area contributed by atoms with Gasteiger partial charge in [0.2, 0.25) is 0 Å². The lowest BCUT2D eigenvalue weighted by atomic mass is 10.2. The molecule has 0 aliphatic carbocycles. The minimum atomic E-state index is -0.306. The predicted molar refractivity (Wildman–Crippen MR) is 95.2 cm³/mol. The fourth-order valence-electron chi connectivity index (χ4n) is 2.02.